The van der Waals surface area contributed by atoms with Gasteiger partial charge in [0.1, 0.15) is 12.4 Å². The summed E-state index contributed by atoms with van der Waals surface area (Å²) in [6.45, 7) is 14.5. The smallest absolute Gasteiger partial charge is 0.253 e. The van der Waals surface area contributed by atoms with Gasteiger partial charge in [0, 0.05) is 37.0 Å². The van der Waals surface area contributed by atoms with Crippen molar-refractivity contribution in [3.8, 4) is 5.75 Å². The van der Waals surface area contributed by atoms with Crippen molar-refractivity contribution in [1.29, 1.82) is 0 Å². The fourth-order valence-corrected chi connectivity index (χ4v) is 3.81. The predicted octanol–water partition coefficient (Wildman–Crippen LogP) is 5.67. The maximum Gasteiger partial charge on any atom is 0.253 e. The zero-order valence-electron chi connectivity index (χ0n) is 20.4. The molecule has 0 bridgehead atoms. The van der Waals surface area contributed by atoms with Gasteiger partial charge in [0.2, 0.25) is 0 Å². The van der Waals surface area contributed by atoms with Crippen LogP contribution in [0.15, 0.2) is 48.5 Å². The Morgan fingerprint density at radius 2 is 1.78 bits per heavy atom. The first kappa shape index (κ1) is 23.6. The molecule has 170 valence electrons. The second kappa shape index (κ2) is 9.60. The Balaban J connectivity index is 1.66. The van der Waals surface area contributed by atoms with Crippen molar-refractivity contribution in [2.75, 3.05) is 7.05 Å². The topological polar surface area (TPSA) is 47.4 Å². The van der Waals surface area contributed by atoms with Crippen LogP contribution in [-0.2, 0) is 25.1 Å². The van der Waals surface area contributed by atoms with Crippen LogP contribution in [0.3, 0.4) is 0 Å². The number of aromatic nitrogens is 2. The number of carbonyl (C=O) groups excluding carboxylic acids is 1. The fraction of sp³-hybridized carbons (Fsp3) is 0.407. The molecule has 0 atom stereocenters. The van der Waals surface area contributed by atoms with E-state index in [9.17, 15) is 4.79 Å². The zero-order chi connectivity index (χ0) is 23.5. The van der Waals surface area contributed by atoms with Gasteiger partial charge in [0.05, 0.1) is 5.69 Å². The van der Waals surface area contributed by atoms with Crippen molar-refractivity contribution in [1.82, 2.24) is 14.7 Å². The van der Waals surface area contributed by atoms with Gasteiger partial charge in [0.25, 0.3) is 5.91 Å². The van der Waals surface area contributed by atoms with E-state index in [0.29, 0.717) is 18.7 Å². The maximum absolute atomic E-state index is 13.1. The summed E-state index contributed by atoms with van der Waals surface area (Å²) >= 11 is 0. The van der Waals surface area contributed by atoms with Gasteiger partial charge in [-0.3, -0.25) is 9.48 Å². The third-order valence-corrected chi connectivity index (χ3v) is 5.87. The second-order valence-electron chi connectivity index (χ2n) is 9.39. The lowest BCUT2D eigenvalue weighted by Crippen LogP contribution is -2.26. The van der Waals surface area contributed by atoms with Gasteiger partial charge < -0.3 is 9.64 Å². The quantitative estimate of drug-likeness (QED) is 0.482. The van der Waals surface area contributed by atoms with E-state index >= 15 is 0 Å². The summed E-state index contributed by atoms with van der Waals surface area (Å²) in [7, 11) is 1.84. The number of hydrogen-bond donors (Lipinski definition) is 0. The lowest BCUT2D eigenvalue weighted by Gasteiger charge is -2.19. The van der Waals surface area contributed by atoms with Crippen molar-refractivity contribution < 1.29 is 9.53 Å². The number of ether oxygens (including phenoxy) is 1. The number of hydrogen-bond acceptors (Lipinski definition) is 3. The molecule has 0 saturated carbocycles. The maximum atomic E-state index is 13.1. The Hall–Kier alpha value is -3.08. The molecule has 5 nitrogen and oxygen atoms in total. The van der Waals surface area contributed by atoms with Gasteiger partial charge in [-0.05, 0) is 61.6 Å². The van der Waals surface area contributed by atoms with E-state index in [1.807, 2.05) is 55.1 Å². The molecule has 2 aromatic carbocycles. The number of aryl methyl sites for hydroxylation is 2. The highest BCUT2D eigenvalue weighted by molar-refractivity contribution is 5.94. The van der Waals surface area contributed by atoms with Crippen molar-refractivity contribution >= 4 is 5.91 Å². The molecule has 0 unspecified atom stereocenters. The summed E-state index contributed by atoms with van der Waals surface area (Å²) in [6, 6.07) is 15.9. The molecular formula is C27H35N3O2. The first-order chi connectivity index (χ1) is 15.1. The molecule has 5 heteroatoms. The number of carbonyl (C=O) groups is 1. The van der Waals surface area contributed by atoms with E-state index in [1.165, 1.54) is 5.56 Å². The minimum absolute atomic E-state index is 0.00979. The van der Waals surface area contributed by atoms with E-state index in [0.717, 1.165) is 34.8 Å². The first-order valence-electron chi connectivity index (χ1n) is 11.2. The van der Waals surface area contributed by atoms with Crippen LogP contribution in [0, 0.1) is 13.8 Å². The molecule has 32 heavy (non-hydrogen) atoms. The highest BCUT2D eigenvalue weighted by Gasteiger charge is 2.18. The van der Waals surface area contributed by atoms with E-state index in [-0.39, 0.29) is 11.3 Å². The summed E-state index contributed by atoms with van der Waals surface area (Å²) in [5.74, 6) is 0.815. The van der Waals surface area contributed by atoms with Gasteiger partial charge >= 0.3 is 0 Å². The molecule has 3 rings (SSSR count). The highest BCUT2D eigenvalue weighted by Crippen LogP contribution is 2.25. The third-order valence-electron chi connectivity index (χ3n) is 5.87. The molecule has 1 heterocycles. The Kier molecular flexibility index (Phi) is 7.07. The summed E-state index contributed by atoms with van der Waals surface area (Å²) in [5, 5.41) is 4.56. The van der Waals surface area contributed by atoms with Crippen LogP contribution in [0.1, 0.15) is 66.1 Å². The Bertz CT molecular complexity index is 1080. The number of nitrogens with zero attached hydrogens (tertiary/aromatic N) is 3. The summed E-state index contributed by atoms with van der Waals surface area (Å²) in [5.41, 5.74) is 6.22. The van der Waals surface area contributed by atoms with Crippen molar-refractivity contribution in [2.24, 2.45) is 0 Å². The first-order valence-corrected chi connectivity index (χ1v) is 11.2. The van der Waals surface area contributed by atoms with Crippen LogP contribution in [-0.4, -0.2) is 27.6 Å². The fourth-order valence-electron chi connectivity index (χ4n) is 3.81. The second-order valence-corrected chi connectivity index (χ2v) is 9.39. The minimum atomic E-state index is -0.00979. The summed E-state index contributed by atoms with van der Waals surface area (Å²) in [4.78, 5) is 14.8. The summed E-state index contributed by atoms with van der Waals surface area (Å²) < 4.78 is 7.94. The molecule has 0 radical (unpaired) electrons. The monoisotopic (exact) mass is 433 g/mol. The van der Waals surface area contributed by atoms with E-state index in [1.54, 1.807) is 4.90 Å². The summed E-state index contributed by atoms with van der Waals surface area (Å²) in [6.07, 6.45) is 0. The van der Waals surface area contributed by atoms with Crippen molar-refractivity contribution in [3.63, 3.8) is 0 Å². The van der Waals surface area contributed by atoms with Crippen molar-refractivity contribution in [3.05, 3.63) is 82.2 Å². The van der Waals surface area contributed by atoms with Crippen LogP contribution in [0.5, 0.6) is 5.75 Å². The molecule has 0 N–H and O–H groups in total. The van der Waals surface area contributed by atoms with Gasteiger partial charge in [-0.2, -0.15) is 5.10 Å². The number of rotatable bonds is 7. The zero-order valence-corrected chi connectivity index (χ0v) is 20.4. The Morgan fingerprint density at radius 1 is 1.09 bits per heavy atom. The average Bonchev–Trinajstić information content (AvgIpc) is 3.04. The largest absolute Gasteiger partial charge is 0.489 e. The molecule has 0 spiro atoms. The van der Waals surface area contributed by atoms with Crippen LogP contribution in [0.4, 0.5) is 0 Å². The average molecular weight is 434 g/mol. The van der Waals surface area contributed by atoms with E-state index in [2.05, 4.69) is 51.9 Å². The Labute approximate surface area is 192 Å². The van der Waals surface area contributed by atoms with Crippen LogP contribution in [0.25, 0.3) is 0 Å². The van der Waals surface area contributed by atoms with Gasteiger partial charge in [0.15, 0.2) is 0 Å². The van der Waals surface area contributed by atoms with E-state index in [4.69, 9.17) is 4.74 Å². The van der Waals surface area contributed by atoms with Crippen molar-refractivity contribution in [2.45, 2.75) is 66.7 Å². The van der Waals surface area contributed by atoms with Gasteiger partial charge in [-0.15, -0.1) is 0 Å². The molecule has 0 fully saturated rings. The molecular weight excluding hydrogens is 398 g/mol. The van der Waals surface area contributed by atoms with E-state index < -0.39 is 0 Å². The Morgan fingerprint density at radius 3 is 2.38 bits per heavy atom. The standard InChI is InChI=1S/C27H35N3O2/c1-8-30-20(3)25(19(2)28-30)17-29(7)26(31)22-11-9-10-21(16-22)18-32-24-14-12-23(13-15-24)27(4,5)6/h9-16H,8,17-18H2,1-7H3. The third kappa shape index (κ3) is 5.39. The predicted molar refractivity (Wildman–Crippen MR) is 129 cm³/mol. The molecule has 3 aromatic rings. The van der Waals surface area contributed by atoms with Crippen LogP contribution in [0.2, 0.25) is 0 Å². The minimum Gasteiger partial charge on any atom is -0.489 e. The van der Waals surface area contributed by atoms with Gasteiger partial charge in [-0.1, -0.05) is 45.0 Å². The normalized spacial score (nSPS) is 11.5. The molecule has 0 aliphatic carbocycles. The lowest BCUT2D eigenvalue weighted by molar-refractivity contribution is 0.0784. The lowest BCUT2D eigenvalue weighted by atomic mass is 9.87. The molecule has 0 saturated heterocycles. The van der Waals surface area contributed by atoms with Crippen LogP contribution >= 0.6 is 0 Å². The number of amides is 1. The molecule has 0 aliphatic rings. The number of benzene rings is 2. The molecule has 1 amide bonds. The van der Waals surface area contributed by atoms with Gasteiger partial charge in [-0.25, -0.2) is 0 Å². The molecule has 1 aromatic heterocycles. The molecule has 0 aliphatic heterocycles. The SMILES string of the molecule is CCn1nc(C)c(CN(C)C(=O)c2cccc(COc3ccc(C(C)(C)C)cc3)c2)c1C. The highest BCUT2D eigenvalue weighted by atomic mass is 16.5. The van der Waals surface area contributed by atoms with Crippen LogP contribution < -0.4 is 4.74 Å².